The smallest absolute Gasteiger partial charge is 0.299 e. The van der Waals surface area contributed by atoms with Crippen LogP contribution in [0, 0.1) is 5.82 Å². The Morgan fingerprint density at radius 2 is 1.96 bits per heavy atom. The molecule has 0 aliphatic heterocycles. The lowest BCUT2D eigenvalue weighted by molar-refractivity contribution is -0.104. The van der Waals surface area contributed by atoms with Crippen molar-refractivity contribution in [3.05, 3.63) is 68.3 Å². The van der Waals surface area contributed by atoms with Gasteiger partial charge in [-0.25, -0.2) is 14.2 Å². The summed E-state index contributed by atoms with van der Waals surface area (Å²) in [6.45, 7) is 2.14. The fourth-order valence-corrected chi connectivity index (χ4v) is 3.52. The van der Waals surface area contributed by atoms with Gasteiger partial charge >= 0.3 is 5.69 Å². The first-order valence-electron chi connectivity index (χ1n) is 9.13. The van der Waals surface area contributed by atoms with E-state index in [1.807, 2.05) is 0 Å². The second-order valence-electron chi connectivity index (χ2n) is 6.76. The molecule has 0 atom stereocenters. The second-order valence-corrected chi connectivity index (χ2v) is 6.76. The van der Waals surface area contributed by atoms with Crippen molar-refractivity contribution in [3.8, 4) is 11.1 Å². The van der Waals surface area contributed by atoms with Crippen LogP contribution in [0.25, 0.3) is 28.2 Å². The van der Waals surface area contributed by atoms with E-state index in [1.165, 1.54) is 22.8 Å². The number of H-pyrrole nitrogens is 1. The van der Waals surface area contributed by atoms with Crippen molar-refractivity contribution in [3.63, 3.8) is 0 Å². The minimum atomic E-state index is -0.556. The average Bonchev–Trinajstić information content (AvgIpc) is 3.51. The Hall–Kier alpha value is -3.35. The van der Waals surface area contributed by atoms with Gasteiger partial charge in [0.2, 0.25) is 0 Å². The molecule has 2 aromatic heterocycles. The van der Waals surface area contributed by atoms with Gasteiger partial charge < -0.3 is 0 Å². The number of pyridine rings is 1. The molecule has 0 spiro atoms. The van der Waals surface area contributed by atoms with Gasteiger partial charge in [-0.15, -0.1) is 0 Å². The number of aromatic nitrogens is 3. The largest absolute Gasteiger partial charge is 0.329 e. The first-order valence-corrected chi connectivity index (χ1v) is 9.13. The topological polar surface area (TPSA) is 84.8 Å². The number of aromatic amines is 1. The van der Waals surface area contributed by atoms with E-state index in [1.54, 1.807) is 25.1 Å². The standard InChI is InChI=1S/C21H18FN3O3/c1-2-25-19-17(20(27)24-21(25)28)16(12-7-9-14(22)10-8-12)15(4-3-11-26)18(23-19)13-5-6-13/h3-4,7-11,13H,2,5-6H2,1H3,(H,24,27,28)/b4-3+. The summed E-state index contributed by atoms with van der Waals surface area (Å²) in [4.78, 5) is 43.1. The molecule has 142 valence electrons. The molecule has 3 aromatic rings. The Kier molecular flexibility index (Phi) is 4.50. The minimum absolute atomic E-state index is 0.203. The fraction of sp³-hybridized carbons (Fsp3) is 0.238. The lowest BCUT2D eigenvalue weighted by atomic mass is 9.94. The predicted molar refractivity (Wildman–Crippen MR) is 105 cm³/mol. The van der Waals surface area contributed by atoms with Crippen molar-refractivity contribution in [1.29, 1.82) is 0 Å². The zero-order chi connectivity index (χ0) is 19.8. The van der Waals surface area contributed by atoms with E-state index in [4.69, 9.17) is 0 Å². The van der Waals surface area contributed by atoms with Crippen LogP contribution in [0.2, 0.25) is 0 Å². The normalized spacial score (nSPS) is 14.1. The maximum absolute atomic E-state index is 13.5. The van der Waals surface area contributed by atoms with Crippen LogP contribution in [0.3, 0.4) is 0 Å². The molecular weight excluding hydrogens is 361 g/mol. The second kappa shape index (κ2) is 6.99. The summed E-state index contributed by atoms with van der Waals surface area (Å²) >= 11 is 0. The number of aryl methyl sites for hydroxylation is 1. The number of halogens is 1. The van der Waals surface area contributed by atoms with Gasteiger partial charge in [-0.2, -0.15) is 0 Å². The van der Waals surface area contributed by atoms with Crippen LogP contribution in [-0.4, -0.2) is 20.8 Å². The van der Waals surface area contributed by atoms with Gasteiger partial charge in [-0.05, 0) is 49.6 Å². The van der Waals surface area contributed by atoms with Crippen molar-refractivity contribution in [1.82, 2.24) is 14.5 Å². The Morgan fingerprint density at radius 3 is 2.57 bits per heavy atom. The summed E-state index contributed by atoms with van der Waals surface area (Å²) in [5.74, 6) is -0.191. The van der Waals surface area contributed by atoms with E-state index >= 15 is 0 Å². The molecule has 7 heteroatoms. The number of carbonyl (C=O) groups excluding carboxylic acids is 1. The number of allylic oxidation sites excluding steroid dienone is 1. The zero-order valence-electron chi connectivity index (χ0n) is 15.2. The first kappa shape index (κ1) is 18.0. The van der Waals surface area contributed by atoms with Crippen LogP contribution < -0.4 is 11.2 Å². The number of nitrogens with one attached hydrogen (secondary N) is 1. The molecule has 0 amide bonds. The first-order chi connectivity index (χ1) is 13.5. The minimum Gasteiger partial charge on any atom is -0.299 e. The van der Waals surface area contributed by atoms with Gasteiger partial charge in [-0.3, -0.25) is 19.1 Å². The molecule has 28 heavy (non-hydrogen) atoms. The maximum atomic E-state index is 13.5. The van der Waals surface area contributed by atoms with Crippen LogP contribution in [0.5, 0.6) is 0 Å². The predicted octanol–water partition coefficient (Wildman–Crippen LogP) is 3.00. The molecule has 0 saturated heterocycles. The Bertz CT molecular complexity index is 1220. The van der Waals surface area contributed by atoms with E-state index in [9.17, 15) is 18.8 Å². The molecule has 6 nitrogen and oxygen atoms in total. The maximum Gasteiger partial charge on any atom is 0.329 e. The molecule has 1 saturated carbocycles. The van der Waals surface area contributed by atoms with E-state index in [0.29, 0.717) is 35.2 Å². The molecule has 1 N–H and O–H groups in total. The number of hydrogen-bond donors (Lipinski definition) is 1. The summed E-state index contributed by atoms with van der Waals surface area (Å²) in [5.41, 5.74) is 1.80. The number of rotatable bonds is 5. The fourth-order valence-electron chi connectivity index (χ4n) is 3.52. The van der Waals surface area contributed by atoms with Crippen molar-refractivity contribution in [2.24, 2.45) is 0 Å². The monoisotopic (exact) mass is 379 g/mol. The van der Waals surface area contributed by atoms with Crippen LogP contribution in [-0.2, 0) is 11.3 Å². The molecule has 1 aliphatic rings. The number of hydrogen-bond acceptors (Lipinski definition) is 4. The SMILES string of the molecule is CCn1c(=O)[nH]c(=O)c2c(-c3ccc(F)cc3)c(/C=C/C=O)c(C3CC3)nc21. The zero-order valence-corrected chi connectivity index (χ0v) is 15.2. The number of carbonyl (C=O) groups is 1. The summed E-state index contributed by atoms with van der Waals surface area (Å²) in [6.07, 6.45) is 5.54. The third kappa shape index (κ3) is 2.98. The molecule has 1 fully saturated rings. The summed E-state index contributed by atoms with van der Waals surface area (Å²) in [6, 6.07) is 5.80. The molecular formula is C21H18FN3O3. The third-order valence-electron chi connectivity index (χ3n) is 4.95. The van der Waals surface area contributed by atoms with E-state index < -0.39 is 17.1 Å². The molecule has 2 heterocycles. The molecule has 4 rings (SSSR count). The van der Waals surface area contributed by atoms with E-state index in [2.05, 4.69) is 9.97 Å². The third-order valence-corrected chi connectivity index (χ3v) is 4.95. The highest BCUT2D eigenvalue weighted by Crippen LogP contribution is 2.44. The van der Waals surface area contributed by atoms with Crippen LogP contribution in [0.15, 0.2) is 39.9 Å². The summed E-state index contributed by atoms with van der Waals surface area (Å²) in [5, 5.41) is 0.253. The number of nitrogens with zero attached hydrogens (tertiary/aromatic N) is 2. The van der Waals surface area contributed by atoms with Gasteiger partial charge in [0, 0.05) is 23.6 Å². The molecule has 1 aromatic carbocycles. The Morgan fingerprint density at radius 1 is 1.25 bits per heavy atom. The number of benzene rings is 1. The highest BCUT2D eigenvalue weighted by Gasteiger charge is 2.31. The van der Waals surface area contributed by atoms with Gasteiger partial charge in [0.25, 0.3) is 5.56 Å². The number of aldehydes is 1. The van der Waals surface area contributed by atoms with Crippen LogP contribution in [0.1, 0.15) is 36.9 Å². The quantitative estimate of drug-likeness (QED) is 0.546. The lowest BCUT2D eigenvalue weighted by Gasteiger charge is -2.16. The highest BCUT2D eigenvalue weighted by molar-refractivity contribution is 5.98. The van der Waals surface area contributed by atoms with Gasteiger partial charge in [0.1, 0.15) is 17.8 Å². The van der Waals surface area contributed by atoms with Crippen LogP contribution in [0.4, 0.5) is 4.39 Å². The molecule has 0 bridgehead atoms. The molecule has 1 aliphatic carbocycles. The van der Waals surface area contributed by atoms with E-state index in [0.717, 1.165) is 18.5 Å². The van der Waals surface area contributed by atoms with Crippen molar-refractivity contribution in [2.45, 2.75) is 32.2 Å². The Balaban J connectivity index is 2.22. The van der Waals surface area contributed by atoms with Gasteiger partial charge in [0.15, 0.2) is 0 Å². The van der Waals surface area contributed by atoms with Gasteiger partial charge in [0.05, 0.1) is 11.1 Å². The van der Waals surface area contributed by atoms with Crippen molar-refractivity contribution in [2.75, 3.05) is 0 Å². The van der Waals surface area contributed by atoms with Crippen molar-refractivity contribution >= 4 is 23.4 Å². The van der Waals surface area contributed by atoms with Gasteiger partial charge in [-0.1, -0.05) is 12.1 Å². The highest BCUT2D eigenvalue weighted by atomic mass is 19.1. The molecule has 0 unspecified atom stereocenters. The number of fused-ring (bicyclic) bond motifs is 1. The average molecular weight is 379 g/mol. The van der Waals surface area contributed by atoms with E-state index in [-0.39, 0.29) is 11.3 Å². The van der Waals surface area contributed by atoms with Crippen molar-refractivity contribution < 1.29 is 9.18 Å². The summed E-state index contributed by atoms with van der Waals surface area (Å²) < 4.78 is 14.9. The summed E-state index contributed by atoms with van der Waals surface area (Å²) in [7, 11) is 0. The van der Waals surface area contributed by atoms with Crippen LogP contribution >= 0.6 is 0 Å². The molecule has 0 radical (unpaired) electrons. The lowest BCUT2D eigenvalue weighted by Crippen LogP contribution is -2.31. The Labute approximate surface area is 159 Å².